The Morgan fingerprint density at radius 3 is 2.92 bits per heavy atom. The molecule has 5 saturated heterocycles. The zero-order chi connectivity index (χ0) is 16.3. The van der Waals surface area contributed by atoms with Gasteiger partial charge in [-0.1, -0.05) is 49.1 Å². The third kappa shape index (κ3) is 1.89. The van der Waals surface area contributed by atoms with Crippen LogP contribution in [-0.2, 0) is 23.7 Å². The Labute approximate surface area is 139 Å². The molecule has 0 saturated carbocycles. The van der Waals surface area contributed by atoms with E-state index in [2.05, 4.69) is 6.58 Å². The number of rotatable bonds is 5. The molecule has 0 amide bonds. The van der Waals surface area contributed by atoms with Gasteiger partial charge in [0.2, 0.25) is 5.79 Å². The predicted octanol–water partition coefficient (Wildman–Crippen LogP) is 2.43. The highest BCUT2D eigenvalue weighted by molar-refractivity contribution is 5.88. The summed E-state index contributed by atoms with van der Waals surface area (Å²) in [5.41, 5.74) is 1.49. The van der Waals surface area contributed by atoms with Crippen molar-refractivity contribution in [2.24, 2.45) is 5.92 Å². The molecule has 5 heterocycles. The average Bonchev–Trinajstić information content (AvgIpc) is 3.20. The molecule has 5 heteroatoms. The maximum absolute atomic E-state index is 12.3. The van der Waals surface area contributed by atoms with Gasteiger partial charge in [-0.15, -0.1) is 0 Å². The Kier molecular flexibility index (Phi) is 3.01. The first kappa shape index (κ1) is 14.4. The zero-order valence-corrected chi connectivity index (χ0v) is 13.1. The summed E-state index contributed by atoms with van der Waals surface area (Å²) in [5, 5.41) is 0. The van der Waals surface area contributed by atoms with Gasteiger partial charge in [0, 0.05) is 11.5 Å². The standard InChI is InChI=1S/C19H18O5/c1-11(6-5-9-12-7-3-2-4-8-12)17(20)22-16-14-10-13-15(21-14)19(16)23-18(13)24-19/h2-5,7-9,13-16,18H,1,6,10H2. The van der Waals surface area contributed by atoms with Crippen LogP contribution in [0, 0.1) is 5.92 Å². The highest BCUT2D eigenvalue weighted by Crippen LogP contribution is 2.64. The molecule has 4 atom stereocenters. The molecule has 1 spiro atoms. The molecule has 1 aromatic rings. The van der Waals surface area contributed by atoms with E-state index in [4.69, 9.17) is 18.9 Å². The lowest BCUT2D eigenvalue weighted by atomic mass is 9.88. The molecule has 124 valence electrons. The van der Waals surface area contributed by atoms with Crippen LogP contribution >= 0.6 is 0 Å². The maximum Gasteiger partial charge on any atom is 0.334 e. The third-order valence-electron chi connectivity index (χ3n) is 5.29. The number of fused-ring (bicyclic) bond motifs is 1. The minimum atomic E-state index is -0.853. The summed E-state index contributed by atoms with van der Waals surface area (Å²) in [4.78, 5) is 12.3. The van der Waals surface area contributed by atoms with Gasteiger partial charge in [-0.2, -0.15) is 0 Å². The fraction of sp³-hybridized carbons (Fsp3) is 0.421. The van der Waals surface area contributed by atoms with E-state index in [1.165, 1.54) is 0 Å². The van der Waals surface area contributed by atoms with E-state index in [1.807, 2.05) is 42.5 Å². The van der Waals surface area contributed by atoms with Crippen molar-refractivity contribution in [1.82, 2.24) is 0 Å². The molecule has 5 aliphatic rings. The van der Waals surface area contributed by atoms with E-state index < -0.39 is 17.9 Å². The molecule has 0 aliphatic carbocycles. The van der Waals surface area contributed by atoms with E-state index in [0.717, 1.165) is 12.0 Å². The Hall–Kier alpha value is -1.95. The van der Waals surface area contributed by atoms with Crippen molar-refractivity contribution in [2.45, 2.75) is 43.2 Å². The normalized spacial score (nSPS) is 40.8. The molecule has 5 aliphatic heterocycles. The van der Waals surface area contributed by atoms with Gasteiger partial charge in [-0.05, 0) is 18.4 Å². The second-order valence-electron chi connectivity index (χ2n) is 6.77. The fourth-order valence-corrected chi connectivity index (χ4v) is 4.16. The van der Waals surface area contributed by atoms with E-state index in [0.29, 0.717) is 17.9 Å². The predicted molar refractivity (Wildman–Crippen MR) is 84.6 cm³/mol. The van der Waals surface area contributed by atoms with Crippen molar-refractivity contribution in [2.75, 3.05) is 0 Å². The lowest BCUT2D eigenvalue weighted by Gasteiger charge is -2.40. The van der Waals surface area contributed by atoms with Crippen LogP contribution in [-0.4, -0.2) is 36.4 Å². The molecule has 0 aromatic heterocycles. The molecule has 4 bridgehead atoms. The lowest BCUT2D eigenvalue weighted by molar-refractivity contribution is -0.430. The van der Waals surface area contributed by atoms with Crippen LogP contribution in [0.2, 0.25) is 0 Å². The van der Waals surface area contributed by atoms with Gasteiger partial charge < -0.3 is 18.9 Å². The van der Waals surface area contributed by atoms with Crippen LogP contribution in [0.15, 0.2) is 48.6 Å². The topological polar surface area (TPSA) is 54.0 Å². The second kappa shape index (κ2) is 5.02. The van der Waals surface area contributed by atoms with Crippen LogP contribution in [0.5, 0.6) is 0 Å². The van der Waals surface area contributed by atoms with Crippen molar-refractivity contribution in [1.29, 1.82) is 0 Å². The van der Waals surface area contributed by atoms with Crippen LogP contribution in [0.25, 0.3) is 6.08 Å². The molecule has 6 rings (SSSR count). The molecular formula is C19H18O5. The van der Waals surface area contributed by atoms with Gasteiger partial charge >= 0.3 is 5.97 Å². The first-order chi connectivity index (χ1) is 11.7. The summed E-state index contributed by atoms with van der Waals surface area (Å²) in [6.45, 7) is 3.84. The van der Waals surface area contributed by atoms with E-state index >= 15 is 0 Å². The van der Waals surface area contributed by atoms with Crippen molar-refractivity contribution < 1.29 is 23.7 Å². The van der Waals surface area contributed by atoms with E-state index in [1.54, 1.807) is 0 Å². The van der Waals surface area contributed by atoms with Gasteiger partial charge in [0.15, 0.2) is 12.4 Å². The fourth-order valence-electron chi connectivity index (χ4n) is 4.16. The molecule has 0 radical (unpaired) electrons. The molecule has 5 nitrogen and oxygen atoms in total. The van der Waals surface area contributed by atoms with E-state index in [9.17, 15) is 4.79 Å². The number of carbonyl (C=O) groups excluding carboxylic acids is 1. The number of hydrogen-bond donors (Lipinski definition) is 0. The van der Waals surface area contributed by atoms with Crippen LogP contribution in [0.4, 0.5) is 0 Å². The number of benzene rings is 1. The van der Waals surface area contributed by atoms with Crippen LogP contribution in [0.3, 0.4) is 0 Å². The van der Waals surface area contributed by atoms with Crippen LogP contribution in [0.1, 0.15) is 18.4 Å². The minimum absolute atomic E-state index is 0.0865. The zero-order valence-electron chi connectivity index (χ0n) is 13.1. The Bertz CT molecular complexity index is 717. The minimum Gasteiger partial charge on any atom is -0.450 e. The largest absolute Gasteiger partial charge is 0.450 e. The quantitative estimate of drug-likeness (QED) is 0.614. The Morgan fingerprint density at radius 1 is 1.33 bits per heavy atom. The van der Waals surface area contributed by atoms with Gasteiger partial charge in [-0.3, -0.25) is 0 Å². The summed E-state index contributed by atoms with van der Waals surface area (Å²) >= 11 is 0. The number of esters is 1. The first-order valence-electron chi connectivity index (χ1n) is 8.29. The number of allylic oxidation sites excluding steroid dienone is 1. The summed E-state index contributed by atoms with van der Waals surface area (Å²) in [7, 11) is 0. The van der Waals surface area contributed by atoms with Crippen LogP contribution < -0.4 is 0 Å². The Morgan fingerprint density at radius 2 is 2.12 bits per heavy atom. The molecule has 24 heavy (non-hydrogen) atoms. The van der Waals surface area contributed by atoms with Gasteiger partial charge in [0.1, 0.15) is 12.2 Å². The highest BCUT2D eigenvalue weighted by Gasteiger charge is 2.81. The number of ether oxygens (including phenoxy) is 4. The van der Waals surface area contributed by atoms with Gasteiger partial charge in [0.25, 0.3) is 0 Å². The molecule has 0 N–H and O–H groups in total. The maximum atomic E-state index is 12.3. The van der Waals surface area contributed by atoms with Crippen molar-refractivity contribution in [3.05, 3.63) is 54.1 Å². The first-order valence-corrected chi connectivity index (χ1v) is 8.29. The molecule has 1 aromatic carbocycles. The summed E-state index contributed by atoms with van der Waals surface area (Å²) in [5.74, 6) is -0.974. The third-order valence-corrected chi connectivity index (χ3v) is 5.29. The summed E-state index contributed by atoms with van der Waals surface area (Å²) in [6.07, 6.45) is 4.26. The summed E-state index contributed by atoms with van der Waals surface area (Å²) < 4.78 is 23.1. The summed E-state index contributed by atoms with van der Waals surface area (Å²) in [6, 6.07) is 9.91. The Balaban J connectivity index is 1.20. The van der Waals surface area contributed by atoms with E-state index in [-0.39, 0.29) is 18.5 Å². The smallest absolute Gasteiger partial charge is 0.334 e. The SMILES string of the molecule is C=C(CC=Cc1ccccc1)C(=O)OC1C2CC3C4OC1(O4)C3O2. The lowest BCUT2D eigenvalue weighted by Crippen LogP contribution is -2.58. The molecule has 5 fully saturated rings. The molecular weight excluding hydrogens is 308 g/mol. The number of hydrogen-bond acceptors (Lipinski definition) is 5. The van der Waals surface area contributed by atoms with Crippen molar-refractivity contribution in [3.8, 4) is 0 Å². The number of carbonyl (C=O) groups is 1. The highest BCUT2D eigenvalue weighted by atomic mass is 16.9. The van der Waals surface area contributed by atoms with Gasteiger partial charge in [0.05, 0.1) is 0 Å². The van der Waals surface area contributed by atoms with Crippen molar-refractivity contribution in [3.63, 3.8) is 0 Å². The van der Waals surface area contributed by atoms with Crippen molar-refractivity contribution >= 4 is 12.0 Å². The monoisotopic (exact) mass is 326 g/mol. The van der Waals surface area contributed by atoms with Gasteiger partial charge in [-0.25, -0.2) is 4.79 Å². The second-order valence-corrected chi connectivity index (χ2v) is 6.77. The average molecular weight is 326 g/mol. The molecule has 4 unspecified atom stereocenters.